The minimum Gasteiger partial charge on any atom is -0.481 e. The molecule has 1 amide bonds. The number of methoxy groups -OCH3 is 1. The smallest absolute Gasteiger partial charge is 0.303 e. The molecule has 0 aromatic heterocycles. The van der Waals surface area contributed by atoms with E-state index < -0.39 is 5.97 Å². The average molecular weight is 361 g/mol. The van der Waals surface area contributed by atoms with Crippen molar-refractivity contribution >= 4 is 11.9 Å². The molecule has 0 aliphatic heterocycles. The summed E-state index contributed by atoms with van der Waals surface area (Å²) in [5.41, 5.74) is 1.99. The van der Waals surface area contributed by atoms with Gasteiger partial charge in [-0.2, -0.15) is 0 Å². The summed E-state index contributed by atoms with van der Waals surface area (Å²) < 4.78 is 5.14. The summed E-state index contributed by atoms with van der Waals surface area (Å²) in [6, 6.07) is 7.77. The maximum atomic E-state index is 12.5. The summed E-state index contributed by atoms with van der Waals surface area (Å²) in [4.78, 5) is 23.4. The van der Waals surface area contributed by atoms with Gasteiger partial charge in [0.15, 0.2) is 0 Å². The number of hydrogen-bond donors (Lipinski definition) is 2. The van der Waals surface area contributed by atoms with Crippen LogP contribution in [0.3, 0.4) is 0 Å². The van der Waals surface area contributed by atoms with Crippen molar-refractivity contribution in [2.24, 2.45) is 5.92 Å². The first-order chi connectivity index (χ1) is 12.6. The van der Waals surface area contributed by atoms with Crippen molar-refractivity contribution in [3.05, 3.63) is 35.4 Å². The van der Waals surface area contributed by atoms with Crippen LogP contribution in [0.1, 0.15) is 62.5 Å². The first-order valence-electron chi connectivity index (χ1n) is 9.64. The Morgan fingerprint density at radius 1 is 1.23 bits per heavy atom. The number of carbonyl (C=O) groups is 2. The summed E-state index contributed by atoms with van der Waals surface area (Å²) in [6.45, 7) is 0.526. The van der Waals surface area contributed by atoms with E-state index in [-0.39, 0.29) is 18.4 Å². The maximum absolute atomic E-state index is 12.5. The van der Waals surface area contributed by atoms with Crippen molar-refractivity contribution in [3.63, 3.8) is 0 Å². The predicted octanol–water partition coefficient (Wildman–Crippen LogP) is 3.70. The second-order valence-corrected chi connectivity index (χ2v) is 7.37. The number of carboxylic acid groups (broad SMARTS) is 1. The molecule has 5 nitrogen and oxygen atoms in total. The van der Waals surface area contributed by atoms with Crippen LogP contribution in [0, 0.1) is 5.92 Å². The number of aliphatic carboxylic acids is 1. The molecule has 1 aromatic rings. The Morgan fingerprint density at radius 3 is 2.65 bits per heavy atom. The van der Waals surface area contributed by atoms with Crippen LogP contribution in [0.15, 0.2) is 24.3 Å². The monoisotopic (exact) mass is 361 g/mol. The minimum atomic E-state index is -0.805. The summed E-state index contributed by atoms with van der Waals surface area (Å²) in [5.74, 6) is -0.237. The normalized spacial score (nSPS) is 16.2. The summed E-state index contributed by atoms with van der Waals surface area (Å²) in [5, 5.41) is 12.1. The Morgan fingerprint density at radius 2 is 1.96 bits per heavy atom. The molecule has 26 heavy (non-hydrogen) atoms. The highest BCUT2D eigenvalue weighted by atomic mass is 16.5. The molecule has 0 heterocycles. The highest BCUT2D eigenvalue weighted by molar-refractivity contribution is 5.79. The number of carbonyl (C=O) groups excluding carboxylic acids is 1. The van der Waals surface area contributed by atoms with Gasteiger partial charge in [-0.25, -0.2) is 0 Å². The molecule has 5 heteroatoms. The molecule has 0 radical (unpaired) electrons. The van der Waals surface area contributed by atoms with Crippen molar-refractivity contribution in [2.75, 3.05) is 7.11 Å². The lowest BCUT2D eigenvalue weighted by Crippen LogP contribution is -2.38. The lowest BCUT2D eigenvalue weighted by Gasteiger charge is -2.27. The molecular formula is C21H31NO4. The molecule has 144 valence electrons. The van der Waals surface area contributed by atoms with Crippen molar-refractivity contribution in [1.82, 2.24) is 5.32 Å². The number of ether oxygens (including phenoxy) is 1. The number of carboxylic acids is 1. The van der Waals surface area contributed by atoms with Gasteiger partial charge in [0, 0.05) is 19.6 Å². The molecule has 1 atom stereocenters. The molecule has 1 aliphatic rings. The number of rotatable bonds is 10. The molecule has 1 aliphatic carbocycles. The van der Waals surface area contributed by atoms with Gasteiger partial charge in [0.25, 0.3) is 0 Å². The number of benzene rings is 1. The fraction of sp³-hybridized carbons (Fsp3) is 0.619. The first kappa shape index (κ1) is 20.4. The highest BCUT2D eigenvalue weighted by Gasteiger charge is 2.21. The molecular weight excluding hydrogens is 330 g/mol. The van der Waals surface area contributed by atoms with Crippen LogP contribution in [-0.4, -0.2) is 30.1 Å². The van der Waals surface area contributed by atoms with Gasteiger partial charge in [0.1, 0.15) is 0 Å². The Kier molecular flexibility index (Phi) is 8.62. The Balaban J connectivity index is 1.91. The van der Waals surface area contributed by atoms with Crippen molar-refractivity contribution in [1.29, 1.82) is 0 Å². The third-order valence-electron chi connectivity index (χ3n) is 5.08. The molecule has 0 spiro atoms. The van der Waals surface area contributed by atoms with Crippen LogP contribution < -0.4 is 5.32 Å². The standard InChI is InChI=1S/C21H31NO4/c1-26-15-18-9-5-8-17(12-18)14-20(23)22-19(10-11-21(24)25)13-16-6-3-2-4-7-16/h5,8-9,12,16,19H,2-4,6-7,10-11,13-15H2,1H3,(H,22,23)(H,24,25). The zero-order valence-corrected chi connectivity index (χ0v) is 15.7. The lowest BCUT2D eigenvalue weighted by molar-refractivity contribution is -0.137. The quantitative estimate of drug-likeness (QED) is 0.666. The fourth-order valence-electron chi connectivity index (χ4n) is 3.83. The molecule has 1 aromatic carbocycles. The van der Waals surface area contributed by atoms with E-state index in [1.165, 1.54) is 32.1 Å². The van der Waals surface area contributed by atoms with Gasteiger partial charge in [0.05, 0.1) is 13.0 Å². The number of hydrogen-bond acceptors (Lipinski definition) is 3. The Bertz CT molecular complexity index is 581. The zero-order chi connectivity index (χ0) is 18.8. The van der Waals surface area contributed by atoms with Gasteiger partial charge < -0.3 is 15.2 Å². The van der Waals surface area contributed by atoms with E-state index in [1.54, 1.807) is 7.11 Å². The summed E-state index contributed by atoms with van der Waals surface area (Å²) in [7, 11) is 1.65. The summed E-state index contributed by atoms with van der Waals surface area (Å²) >= 11 is 0. The summed E-state index contributed by atoms with van der Waals surface area (Å²) in [6.07, 6.45) is 7.97. The highest BCUT2D eigenvalue weighted by Crippen LogP contribution is 2.28. The van der Waals surface area contributed by atoms with Crippen molar-refractivity contribution < 1.29 is 19.4 Å². The molecule has 1 unspecified atom stereocenters. The fourth-order valence-corrected chi connectivity index (χ4v) is 3.83. The van der Waals surface area contributed by atoms with Crippen LogP contribution in [0.25, 0.3) is 0 Å². The Hall–Kier alpha value is -1.88. The molecule has 1 fully saturated rings. The van der Waals surface area contributed by atoms with E-state index in [0.29, 0.717) is 25.4 Å². The minimum absolute atomic E-state index is 0.0363. The predicted molar refractivity (Wildman–Crippen MR) is 101 cm³/mol. The van der Waals surface area contributed by atoms with E-state index in [0.717, 1.165) is 17.5 Å². The van der Waals surface area contributed by atoms with Gasteiger partial charge >= 0.3 is 5.97 Å². The molecule has 2 rings (SSSR count). The van der Waals surface area contributed by atoms with Gasteiger partial charge in [-0.3, -0.25) is 9.59 Å². The second-order valence-electron chi connectivity index (χ2n) is 7.37. The van der Waals surface area contributed by atoms with Gasteiger partial charge in [-0.1, -0.05) is 56.4 Å². The van der Waals surface area contributed by atoms with Crippen molar-refractivity contribution in [3.8, 4) is 0 Å². The van der Waals surface area contributed by atoms with E-state index in [2.05, 4.69) is 5.32 Å². The number of nitrogens with one attached hydrogen (secondary N) is 1. The van der Waals surface area contributed by atoms with E-state index >= 15 is 0 Å². The topological polar surface area (TPSA) is 75.6 Å². The van der Waals surface area contributed by atoms with Crippen LogP contribution in [0.4, 0.5) is 0 Å². The van der Waals surface area contributed by atoms with Gasteiger partial charge in [-0.05, 0) is 29.9 Å². The third kappa shape index (κ3) is 7.56. The van der Waals surface area contributed by atoms with Crippen LogP contribution in [0.5, 0.6) is 0 Å². The average Bonchev–Trinajstić information content (AvgIpc) is 2.61. The molecule has 2 N–H and O–H groups in total. The van der Waals surface area contributed by atoms with Gasteiger partial charge in [-0.15, -0.1) is 0 Å². The van der Waals surface area contributed by atoms with Crippen LogP contribution in [0.2, 0.25) is 0 Å². The second kappa shape index (κ2) is 11.0. The van der Waals surface area contributed by atoms with E-state index in [4.69, 9.17) is 9.84 Å². The Labute approximate surface area is 156 Å². The maximum Gasteiger partial charge on any atom is 0.303 e. The lowest BCUT2D eigenvalue weighted by atomic mass is 9.84. The third-order valence-corrected chi connectivity index (χ3v) is 5.08. The largest absolute Gasteiger partial charge is 0.481 e. The van der Waals surface area contributed by atoms with Crippen molar-refractivity contribution in [2.45, 2.75) is 70.4 Å². The molecule has 0 saturated heterocycles. The SMILES string of the molecule is COCc1cccc(CC(=O)NC(CCC(=O)O)CC2CCCCC2)c1. The zero-order valence-electron chi connectivity index (χ0n) is 15.7. The van der Waals surface area contributed by atoms with E-state index in [1.807, 2.05) is 24.3 Å². The number of amides is 1. The molecule has 0 bridgehead atoms. The van der Waals surface area contributed by atoms with Gasteiger partial charge in [0.2, 0.25) is 5.91 Å². The van der Waals surface area contributed by atoms with Crippen LogP contribution >= 0.6 is 0 Å². The van der Waals surface area contributed by atoms with E-state index in [9.17, 15) is 9.59 Å². The first-order valence-corrected chi connectivity index (χ1v) is 9.64. The molecule has 1 saturated carbocycles. The van der Waals surface area contributed by atoms with Crippen LogP contribution in [-0.2, 0) is 27.4 Å².